The maximum absolute atomic E-state index is 12.7. The van der Waals surface area contributed by atoms with Crippen LogP contribution in [0.15, 0.2) is 27.6 Å². The highest BCUT2D eigenvalue weighted by molar-refractivity contribution is 9.10. The average molecular weight is 375 g/mol. The summed E-state index contributed by atoms with van der Waals surface area (Å²) in [6.45, 7) is 3.19. The van der Waals surface area contributed by atoms with E-state index in [9.17, 15) is 18.0 Å². The second-order valence-electron chi connectivity index (χ2n) is 4.82. The van der Waals surface area contributed by atoms with E-state index in [1.165, 1.54) is 6.07 Å². The molecule has 1 unspecified atom stereocenters. The number of carbonyl (C=O) groups excluding carboxylic acids is 2. The van der Waals surface area contributed by atoms with E-state index in [4.69, 9.17) is 0 Å². The summed E-state index contributed by atoms with van der Waals surface area (Å²) >= 11 is 3.23. The van der Waals surface area contributed by atoms with Crippen LogP contribution < -0.4 is 5.32 Å². The fraction of sp³-hybridized carbons (Fsp3) is 0.385. The summed E-state index contributed by atoms with van der Waals surface area (Å²) in [7, 11) is -3.93. The predicted octanol–water partition coefficient (Wildman–Crippen LogP) is 1.18. The van der Waals surface area contributed by atoms with Gasteiger partial charge in [0.15, 0.2) is 0 Å². The molecule has 1 N–H and O–H groups in total. The van der Waals surface area contributed by atoms with Crippen LogP contribution in [0.1, 0.15) is 18.9 Å². The highest BCUT2D eigenvalue weighted by Crippen LogP contribution is 2.28. The molecule has 1 atom stereocenters. The Morgan fingerprint density at radius 1 is 1.38 bits per heavy atom. The number of nitrogens with one attached hydrogen (secondary N) is 1. The number of piperazine rings is 1. The summed E-state index contributed by atoms with van der Waals surface area (Å²) < 4.78 is 26.9. The zero-order valence-corrected chi connectivity index (χ0v) is 14.0. The summed E-state index contributed by atoms with van der Waals surface area (Å²) in [5, 5.41) is 2.16. The molecule has 6 nitrogen and oxygen atoms in total. The number of benzene rings is 1. The fourth-order valence-electron chi connectivity index (χ4n) is 2.23. The molecule has 0 aliphatic carbocycles. The summed E-state index contributed by atoms with van der Waals surface area (Å²) in [6, 6.07) is 3.95. The number of rotatable bonds is 3. The van der Waals surface area contributed by atoms with E-state index < -0.39 is 27.9 Å². The number of sulfonamides is 1. The van der Waals surface area contributed by atoms with Crippen molar-refractivity contribution < 1.29 is 18.0 Å². The van der Waals surface area contributed by atoms with Crippen molar-refractivity contribution in [2.45, 2.75) is 31.2 Å². The number of nitrogens with zero attached hydrogens (tertiary/aromatic N) is 1. The van der Waals surface area contributed by atoms with Crippen LogP contribution >= 0.6 is 15.9 Å². The van der Waals surface area contributed by atoms with E-state index in [-0.39, 0.29) is 11.4 Å². The molecule has 1 saturated heterocycles. The van der Waals surface area contributed by atoms with Gasteiger partial charge in [-0.25, -0.2) is 8.42 Å². The standard InChI is InChI=1S/C13H15BrN2O4S/c1-3-10-13(18)15-12(17)7-16(10)21(19,20)11-5-4-8(2)6-9(11)14/h4-6,10H,3,7H2,1-2H3,(H,15,17,18). The lowest BCUT2D eigenvalue weighted by molar-refractivity contribution is -0.137. The second-order valence-corrected chi connectivity index (χ2v) is 7.53. The Morgan fingerprint density at radius 2 is 2.05 bits per heavy atom. The molecule has 1 aliphatic heterocycles. The molecule has 0 radical (unpaired) electrons. The smallest absolute Gasteiger partial charge is 0.245 e. The predicted molar refractivity (Wildman–Crippen MR) is 80.0 cm³/mol. The molecular formula is C13H15BrN2O4S. The van der Waals surface area contributed by atoms with Crippen LogP contribution in [0.4, 0.5) is 0 Å². The molecule has 0 bridgehead atoms. The van der Waals surface area contributed by atoms with Crippen LogP contribution in [-0.4, -0.2) is 37.1 Å². The zero-order chi connectivity index (χ0) is 15.8. The number of amides is 2. The quantitative estimate of drug-likeness (QED) is 0.805. The van der Waals surface area contributed by atoms with Gasteiger partial charge in [-0.3, -0.25) is 14.9 Å². The van der Waals surface area contributed by atoms with Crippen LogP contribution in [-0.2, 0) is 19.6 Å². The third kappa shape index (κ3) is 3.02. The van der Waals surface area contributed by atoms with Crippen molar-refractivity contribution in [3.05, 3.63) is 28.2 Å². The van der Waals surface area contributed by atoms with Gasteiger partial charge in [0.05, 0.1) is 11.4 Å². The second kappa shape index (κ2) is 5.86. The van der Waals surface area contributed by atoms with E-state index in [0.717, 1.165) is 9.87 Å². The minimum absolute atomic E-state index is 0.0500. The molecule has 8 heteroatoms. The summed E-state index contributed by atoms with van der Waals surface area (Å²) in [6.07, 6.45) is 0.293. The fourth-order valence-corrected chi connectivity index (χ4v) is 5.00. The number of aryl methyl sites for hydroxylation is 1. The lowest BCUT2D eigenvalue weighted by atomic mass is 10.2. The molecule has 1 heterocycles. The van der Waals surface area contributed by atoms with Crippen LogP contribution in [0, 0.1) is 6.92 Å². The van der Waals surface area contributed by atoms with Crippen LogP contribution in [0.25, 0.3) is 0 Å². The van der Waals surface area contributed by atoms with Gasteiger partial charge in [-0.15, -0.1) is 0 Å². The van der Waals surface area contributed by atoms with Gasteiger partial charge in [-0.1, -0.05) is 13.0 Å². The molecule has 1 aromatic rings. The third-order valence-electron chi connectivity index (χ3n) is 3.27. The van der Waals surface area contributed by atoms with Crippen molar-refractivity contribution in [2.24, 2.45) is 0 Å². The van der Waals surface area contributed by atoms with E-state index in [1.807, 2.05) is 6.92 Å². The van der Waals surface area contributed by atoms with E-state index in [2.05, 4.69) is 21.2 Å². The van der Waals surface area contributed by atoms with Gasteiger partial charge < -0.3 is 0 Å². The number of hydrogen-bond acceptors (Lipinski definition) is 4. The SMILES string of the molecule is CCC1C(=O)NC(=O)CN1S(=O)(=O)c1ccc(C)cc1Br. The van der Waals surface area contributed by atoms with Crippen molar-refractivity contribution >= 4 is 37.8 Å². The highest BCUT2D eigenvalue weighted by Gasteiger charge is 2.41. The maximum atomic E-state index is 12.7. The van der Waals surface area contributed by atoms with Crippen molar-refractivity contribution in [2.75, 3.05) is 6.54 Å². The lowest BCUT2D eigenvalue weighted by Gasteiger charge is -2.32. The van der Waals surface area contributed by atoms with E-state index in [1.54, 1.807) is 19.1 Å². The van der Waals surface area contributed by atoms with Crippen molar-refractivity contribution in [1.82, 2.24) is 9.62 Å². The third-order valence-corrected chi connectivity index (χ3v) is 6.10. The first-order chi connectivity index (χ1) is 9.77. The Kier molecular flexibility index (Phi) is 4.50. The minimum Gasteiger partial charge on any atom is -0.294 e. The Labute approximate surface area is 131 Å². The first-order valence-electron chi connectivity index (χ1n) is 6.39. The van der Waals surface area contributed by atoms with E-state index in [0.29, 0.717) is 10.9 Å². The van der Waals surface area contributed by atoms with Crippen molar-refractivity contribution in [3.63, 3.8) is 0 Å². The molecule has 0 spiro atoms. The maximum Gasteiger partial charge on any atom is 0.245 e. The van der Waals surface area contributed by atoms with Gasteiger partial charge in [-0.05, 0) is 47.0 Å². The molecular weight excluding hydrogens is 360 g/mol. The Bertz CT molecular complexity index is 702. The first-order valence-corrected chi connectivity index (χ1v) is 8.62. The zero-order valence-electron chi connectivity index (χ0n) is 11.6. The normalized spacial score (nSPS) is 20.4. The Morgan fingerprint density at radius 3 is 2.62 bits per heavy atom. The monoisotopic (exact) mass is 374 g/mol. The van der Waals surface area contributed by atoms with Crippen LogP contribution in [0.5, 0.6) is 0 Å². The topological polar surface area (TPSA) is 83.6 Å². The largest absolute Gasteiger partial charge is 0.294 e. The van der Waals surface area contributed by atoms with Crippen LogP contribution in [0.3, 0.4) is 0 Å². The van der Waals surface area contributed by atoms with Gasteiger partial charge in [0, 0.05) is 4.47 Å². The van der Waals surface area contributed by atoms with E-state index >= 15 is 0 Å². The van der Waals surface area contributed by atoms with Crippen molar-refractivity contribution in [3.8, 4) is 0 Å². The summed E-state index contributed by atoms with van der Waals surface area (Å²) in [4.78, 5) is 23.4. The molecule has 21 heavy (non-hydrogen) atoms. The molecule has 1 fully saturated rings. The average Bonchev–Trinajstić information content (AvgIpc) is 2.37. The Balaban J connectivity index is 2.50. The van der Waals surface area contributed by atoms with Crippen molar-refractivity contribution in [1.29, 1.82) is 0 Å². The lowest BCUT2D eigenvalue weighted by Crippen LogP contribution is -2.59. The van der Waals surface area contributed by atoms with Gasteiger partial charge in [0.25, 0.3) is 0 Å². The molecule has 1 aromatic carbocycles. The molecule has 2 rings (SSSR count). The number of halogens is 1. The van der Waals surface area contributed by atoms with Gasteiger partial charge >= 0.3 is 0 Å². The number of hydrogen-bond donors (Lipinski definition) is 1. The first kappa shape index (κ1) is 16.1. The summed E-state index contributed by atoms with van der Waals surface area (Å²) in [5.74, 6) is -1.20. The molecule has 2 amide bonds. The Hall–Kier alpha value is -1.25. The molecule has 0 saturated carbocycles. The number of carbonyl (C=O) groups is 2. The molecule has 1 aliphatic rings. The van der Waals surface area contributed by atoms with Gasteiger partial charge in [0.1, 0.15) is 6.04 Å². The van der Waals surface area contributed by atoms with Gasteiger partial charge in [0.2, 0.25) is 21.8 Å². The van der Waals surface area contributed by atoms with Crippen LogP contribution in [0.2, 0.25) is 0 Å². The number of imide groups is 1. The van der Waals surface area contributed by atoms with Gasteiger partial charge in [-0.2, -0.15) is 4.31 Å². The summed E-state index contributed by atoms with van der Waals surface area (Å²) in [5.41, 5.74) is 0.903. The highest BCUT2D eigenvalue weighted by atomic mass is 79.9. The minimum atomic E-state index is -3.93. The molecule has 114 valence electrons. The molecule has 0 aromatic heterocycles.